The molecule has 2 rings (SSSR count). The predicted molar refractivity (Wildman–Crippen MR) is 58.6 cm³/mol. The molecule has 4 heteroatoms. The minimum absolute atomic E-state index is 0.0835. The summed E-state index contributed by atoms with van der Waals surface area (Å²) in [5.41, 5.74) is 0. The third-order valence-electron chi connectivity index (χ3n) is 3.56. The summed E-state index contributed by atoms with van der Waals surface area (Å²) >= 11 is 0. The summed E-state index contributed by atoms with van der Waals surface area (Å²) in [5.74, 6) is -0.00728. The predicted octanol–water partition coefficient (Wildman–Crippen LogP) is 1.11. The Morgan fingerprint density at radius 3 is 3.00 bits per heavy atom. The average Bonchev–Trinajstić information content (AvgIpc) is 2.55. The van der Waals surface area contributed by atoms with Gasteiger partial charge in [0, 0.05) is 18.5 Å². The monoisotopic (exact) mass is 223 g/mol. The second-order valence-corrected chi connectivity index (χ2v) is 4.38. The third-order valence-corrected chi connectivity index (χ3v) is 3.56. The lowest BCUT2D eigenvalue weighted by atomic mass is 9.88. The van der Waals surface area contributed by atoms with E-state index in [4.69, 9.17) is 4.74 Å². The van der Waals surface area contributed by atoms with Crippen molar-refractivity contribution in [3.05, 3.63) is 12.7 Å². The lowest BCUT2D eigenvalue weighted by Gasteiger charge is -2.31. The molecule has 1 heterocycles. The molecule has 4 nitrogen and oxygen atoms in total. The van der Waals surface area contributed by atoms with Gasteiger partial charge in [0.2, 0.25) is 5.91 Å². The first-order valence-electron chi connectivity index (χ1n) is 5.81. The molecule has 0 radical (unpaired) electrons. The molecule has 2 bridgehead atoms. The molecule has 0 aromatic heterocycles. The van der Waals surface area contributed by atoms with Crippen molar-refractivity contribution < 1.29 is 14.3 Å². The van der Waals surface area contributed by atoms with Crippen LogP contribution in [0, 0.1) is 5.92 Å². The zero-order valence-corrected chi connectivity index (χ0v) is 9.52. The molecule has 3 atom stereocenters. The summed E-state index contributed by atoms with van der Waals surface area (Å²) < 4.78 is 5.30. The van der Waals surface area contributed by atoms with E-state index in [0.717, 1.165) is 19.3 Å². The second-order valence-electron chi connectivity index (χ2n) is 4.38. The summed E-state index contributed by atoms with van der Waals surface area (Å²) in [5, 5.41) is 0. The van der Waals surface area contributed by atoms with E-state index in [1.54, 1.807) is 0 Å². The zero-order chi connectivity index (χ0) is 11.7. The summed E-state index contributed by atoms with van der Waals surface area (Å²) in [6.07, 6.45) is 3.49. The van der Waals surface area contributed by atoms with Crippen molar-refractivity contribution >= 4 is 11.9 Å². The van der Waals surface area contributed by atoms with Gasteiger partial charge in [-0.1, -0.05) is 6.58 Å². The minimum atomic E-state index is -0.390. The molecule has 1 saturated heterocycles. The Hall–Kier alpha value is -1.32. The number of nitrogens with zero attached hydrogens (tertiary/aromatic N) is 1. The Labute approximate surface area is 95.2 Å². The van der Waals surface area contributed by atoms with E-state index in [0.29, 0.717) is 6.54 Å². The maximum atomic E-state index is 11.9. The minimum Gasteiger partial charge on any atom is -0.457 e. The highest BCUT2D eigenvalue weighted by molar-refractivity contribution is 5.83. The maximum Gasteiger partial charge on any atom is 0.330 e. The van der Waals surface area contributed by atoms with E-state index in [1.165, 1.54) is 6.08 Å². The number of amides is 1. The van der Waals surface area contributed by atoms with Gasteiger partial charge in [0.15, 0.2) is 0 Å². The van der Waals surface area contributed by atoms with Gasteiger partial charge < -0.3 is 9.64 Å². The highest BCUT2D eigenvalue weighted by Gasteiger charge is 2.47. The highest BCUT2D eigenvalue weighted by atomic mass is 16.5. The Bertz CT molecular complexity index is 326. The van der Waals surface area contributed by atoms with Crippen LogP contribution in [0.25, 0.3) is 0 Å². The molecule has 1 amide bonds. The molecule has 2 aliphatic rings. The first-order valence-corrected chi connectivity index (χ1v) is 5.81. The van der Waals surface area contributed by atoms with Crippen LogP contribution in [0.2, 0.25) is 0 Å². The maximum absolute atomic E-state index is 11.9. The molecule has 2 fully saturated rings. The lowest BCUT2D eigenvalue weighted by Crippen LogP contribution is -2.42. The van der Waals surface area contributed by atoms with Crippen LogP contribution < -0.4 is 0 Å². The average molecular weight is 223 g/mol. The highest BCUT2D eigenvalue weighted by Crippen LogP contribution is 2.37. The largest absolute Gasteiger partial charge is 0.457 e. The number of hydrogen-bond donors (Lipinski definition) is 0. The quantitative estimate of drug-likeness (QED) is 0.532. The zero-order valence-electron chi connectivity index (χ0n) is 9.52. The number of likely N-dealkylation sites (N-methyl/N-ethyl adjacent to an activating group) is 1. The van der Waals surface area contributed by atoms with Crippen molar-refractivity contribution in [2.45, 2.75) is 38.3 Å². The third kappa shape index (κ3) is 1.72. The van der Waals surface area contributed by atoms with Gasteiger partial charge in [-0.2, -0.15) is 0 Å². The summed E-state index contributed by atoms with van der Waals surface area (Å²) in [6.45, 7) is 6.05. The van der Waals surface area contributed by atoms with Crippen molar-refractivity contribution in [2.24, 2.45) is 5.92 Å². The number of carbonyl (C=O) groups excluding carboxylic acids is 2. The van der Waals surface area contributed by atoms with Crippen LogP contribution in [0.1, 0.15) is 26.2 Å². The van der Waals surface area contributed by atoms with Crippen LogP contribution in [0.5, 0.6) is 0 Å². The van der Waals surface area contributed by atoms with E-state index in [-0.39, 0.29) is 29.9 Å². The van der Waals surface area contributed by atoms with Crippen molar-refractivity contribution in [1.82, 2.24) is 4.90 Å². The Morgan fingerprint density at radius 1 is 1.62 bits per heavy atom. The van der Waals surface area contributed by atoms with Gasteiger partial charge in [0.25, 0.3) is 0 Å². The number of fused-ring (bicyclic) bond motifs is 2. The van der Waals surface area contributed by atoms with Gasteiger partial charge in [-0.15, -0.1) is 0 Å². The van der Waals surface area contributed by atoms with E-state index < -0.39 is 0 Å². The van der Waals surface area contributed by atoms with E-state index in [1.807, 2.05) is 11.8 Å². The van der Waals surface area contributed by atoms with Crippen molar-refractivity contribution in [2.75, 3.05) is 6.54 Å². The van der Waals surface area contributed by atoms with Crippen LogP contribution in [-0.2, 0) is 14.3 Å². The summed E-state index contributed by atoms with van der Waals surface area (Å²) in [6, 6.07) is 0.0835. The van der Waals surface area contributed by atoms with E-state index >= 15 is 0 Å². The van der Waals surface area contributed by atoms with Gasteiger partial charge in [-0.3, -0.25) is 4.79 Å². The molecule has 0 aromatic rings. The molecule has 1 saturated carbocycles. The van der Waals surface area contributed by atoms with Crippen molar-refractivity contribution in [3.63, 3.8) is 0 Å². The summed E-state index contributed by atoms with van der Waals surface area (Å²) in [4.78, 5) is 24.9. The molecule has 0 aromatic carbocycles. The fourth-order valence-corrected chi connectivity index (χ4v) is 2.79. The van der Waals surface area contributed by atoms with E-state index in [9.17, 15) is 9.59 Å². The molecule has 1 aliphatic carbocycles. The first kappa shape index (κ1) is 11.2. The van der Waals surface area contributed by atoms with Crippen LogP contribution in [0.3, 0.4) is 0 Å². The first-order chi connectivity index (χ1) is 7.67. The molecule has 88 valence electrons. The molecule has 0 spiro atoms. The fraction of sp³-hybridized carbons (Fsp3) is 0.667. The summed E-state index contributed by atoms with van der Waals surface area (Å²) in [7, 11) is 0. The molecule has 16 heavy (non-hydrogen) atoms. The van der Waals surface area contributed by atoms with Gasteiger partial charge in [0.05, 0.1) is 6.04 Å². The number of esters is 1. The van der Waals surface area contributed by atoms with Crippen molar-refractivity contribution in [3.8, 4) is 0 Å². The number of hydrogen-bond acceptors (Lipinski definition) is 3. The van der Waals surface area contributed by atoms with Crippen LogP contribution in [0.15, 0.2) is 12.7 Å². The van der Waals surface area contributed by atoms with Gasteiger partial charge in [-0.05, 0) is 26.2 Å². The van der Waals surface area contributed by atoms with Gasteiger partial charge in [0.1, 0.15) is 6.10 Å². The SMILES string of the molecule is C=CC(=O)OC1CCC2CC1N(CC)C2=O. The smallest absolute Gasteiger partial charge is 0.330 e. The standard InChI is InChI=1S/C12H17NO3/c1-3-11(14)16-10-6-5-8-7-9(10)13(4-2)12(8)15/h3,8-10H,1,4-7H2,2H3. The number of ether oxygens (including phenoxy) is 1. The van der Waals surface area contributed by atoms with Crippen LogP contribution in [-0.4, -0.2) is 35.5 Å². The van der Waals surface area contributed by atoms with Crippen molar-refractivity contribution in [1.29, 1.82) is 0 Å². The van der Waals surface area contributed by atoms with Gasteiger partial charge in [-0.25, -0.2) is 4.79 Å². The number of likely N-dealkylation sites (tertiary alicyclic amines) is 1. The van der Waals surface area contributed by atoms with E-state index in [2.05, 4.69) is 6.58 Å². The lowest BCUT2D eigenvalue weighted by molar-refractivity contribution is -0.148. The fourth-order valence-electron chi connectivity index (χ4n) is 2.79. The molecular weight excluding hydrogens is 206 g/mol. The molecule has 0 N–H and O–H groups in total. The molecular formula is C12H17NO3. The normalized spacial score (nSPS) is 32.7. The van der Waals surface area contributed by atoms with Crippen LogP contribution in [0.4, 0.5) is 0 Å². The second kappa shape index (κ2) is 4.28. The topological polar surface area (TPSA) is 46.6 Å². The molecule has 3 unspecified atom stereocenters. The number of carbonyl (C=O) groups is 2. The van der Waals surface area contributed by atoms with Crippen LogP contribution >= 0.6 is 0 Å². The molecule has 1 aliphatic heterocycles. The van der Waals surface area contributed by atoms with Gasteiger partial charge >= 0.3 is 5.97 Å². The Balaban J connectivity index is 2.09. The Kier molecular flexibility index (Phi) is 2.99. The number of rotatable bonds is 3. The Morgan fingerprint density at radius 2 is 2.38 bits per heavy atom.